The number of hydrogen-bond donors (Lipinski definition) is 1. The molecule has 0 spiro atoms. The van der Waals surface area contributed by atoms with Crippen LogP contribution in [0.4, 0.5) is 5.69 Å². The van der Waals surface area contributed by atoms with Crippen LogP contribution in [0.25, 0.3) is 16.9 Å². The summed E-state index contributed by atoms with van der Waals surface area (Å²) in [5.41, 5.74) is 5.54. The Bertz CT molecular complexity index is 1180. The van der Waals surface area contributed by atoms with E-state index in [1.54, 1.807) is 24.3 Å². The van der Waals surface area contributed by atoms with Crippen molar-refractivity contribution < 1.29 is 9.53 Å². The van der Waals surface area contributed by atoms with Gasteiger partial charge in [0.15, 0.2) is 6.61 Å². The summed E-state index contributed by atoms with van der Waals surface area (Å²) in [6, 6.07) is 16.9. The molecule has 2 aromatic carbocycles. The lowest BCUT2D eigenvalue weighted by molar-refractivity contribution is -0.118. The minimum atomic E-state index is -0.231. The van der Waals surface area contributed by atoms with Crippen molar-refractivity contribution >= 4 is 28.8 Å². The maximum absolute atomic E-state index is 12.3. The molecule has 146 valence electrons. The van der Waals surface area contributed by atoms with Crippen LogP contribution >= 0.6 is 11.6 Å². The minimum absolute atomic E-state index is 0.0844. The van der Waals surface area contributed by atoms with Crippen molar-refractivity contribution in [2.24, 2.45) is 0 Å². The van der Waals surface area contributed by atoms with Crippen LogP contribution in [0, 0.1) is 13.8 Å². The number of nitrogens with one attached hydrogen (secondary N) is 1. The predicted octanol–water partition coefficient (Wildman–Crippen LogP) is 5.29. The van der Waals surface area contributed by atoms with Crippen molar-refractivity contribution in [2.45, 2.75) is 13.8 Å². The largest absolute Gasteiger partial charge is 0.484 e. The fourth-order valence-electron chi connectivity index (χ4n) is 3.00. The lowest BCUT2D eigenvalue weighted by atomic mass is 10.1. The second kappa shape index (κ2) is 7.97. The quantitative estimate of drug-likeness (QED) is 0.491. The van der Waals surface area contributed by atoms with Gasteiger partial charge in [0.05, 0.1) is 5.69 Å². The molecule has 0 aliphatic rings. The van der Waals surface area contributed by atoms with E-state index in [1.165, 1.54) is 0 Å². The normalized spacial score (nSPS) is 10.9. The molecule has 0 aliphatic heterocycles. The smallest absolute Gasteiger partial charge is 0.262 e. The number of pyridine rings is 1. The Hall–Kier alpha value is -3.31. The van der Waals surface area contributed by atoms with Gasteiger partial charge in [0, 0.05) is 28.7 Å². The standard InChI is InChI=1S/C23H20ClN3O2/c1-15-9-10-27-13-21(25-22(27)11-15)17-4-3-16(2)20(12-17)26-23(28)14-29-19-7-5-18(24)6-8-19/h3-13H,14H2,1-2H3,(H,26,28). The molecule has 1 amide bonds. The summed E-state index contributed by atoms with van der Waals surface area (Å²) in [5, 5.41) is 3.54. The number of halogens is 1. The van der Waals surface area contributed by atoms with Crippen LogP contribution in [0.3, 0.4) is 0 Å². The number of carbonyl (C=O) groups excluding carboxylic acids is 1. The minimum Gasteiger partial charge on any atom is -0.484 e. The van der Waals surface area contributed by atoms with Crippen LogP contribution in [-0.2, 0) is 4.79 Å². The van der Waals surface area contributed by atoms with Gasteiger partial charge in [-0.3, -0.25) is 4.79 Å². The van der Waals surface area contributed by atoms with E-state index in [0.717, 1.165) is 33.7 Å². The first-order chi connectivity index (χ1) is 14.0. The van der Waals surface area contributed by atoms with Gasteiger partial charge in [0.2, 0.25) is 0 Å². The van der Waals surface area contributed by atoms with Crippen molar-refractivity contribution in [3.05, 3.63) is 83.1 Å². The number of imidazole rings is 1. The van der Waals surface area contributed by atoms with Gasteiger partial charge in [-0.05, 0) is 67.4 Å². The molecule has 2 heterocycles. The van der Waals surface area contributed by atoms with E-state index in [0.29, 0.717) is 10.8 Å². The first-order valence-electron chi connectivity index (χ1n) is 9.22. The first-order valence-corrected chi connectivity index (χ1v) is 9.60. The number of fused-ring (bicyclic) bond motifs is 1. The van der Waals surface area contributed by atoms with E-state index in [4.69, 9.17) is 21.3 Å². The van der Waals surface area contributed by atoms with E-state index in [2.05, 4.69) is 5.32 Å². The average Bonchev–Trinajstić information content (AvgIpc) is 3.12. The monoisotopic (exact) mass is 405 g/mol. The van der Waals surface area contributed by atoms with E-state index < -0.39 is 0 Å². The van der Waals surface area contributed by atoms with Crippen LogP contribution in [-0.4, -0.2) is 21.9 Å². The number of amides is 1. The van der Waals surface area contributed by atoms with Crippen molar-refractivity contribution in [1.29, 1.82) is 0 Å². The van der Waals surface area contributed by atoms with Gasteiger partial charge < -0.3 is 14.5 Å². The molecule has 0 atom stereocenters. The van der Waals surface area contributed by atoms with E-state index in [9.17, 15) is 4.79 Å². The maximum atomic E-state index is 12.3. The first kappa shape index (κ1) is 19.0. The molecule has 0 unspecified atom stereocenters. The molecule has 0 radical (unpaired) electrons. The third-order valence-corrected chi connectivity index (χ3v) is 4.86. The van der Waals surface area contributed by atoms with Gasteiger partial charge in [0.25, 0.3) is 5.91 Å². The molecular weight excluding hydrogens is 386 g/mol. The highest BCUT2D eigenvalue weighted by molar-refractivity contribution is 6.30. The van der Waals surface area contributed by atoms with E-state index >= 15 is 0 Å². The number of nitrogens with zero attached hydrogens (tertiary/aromatic N) is 2. The van der Waals surface area contributed by atoms with Gasteiger partial charge in [-0.25, -0.2) is 4.98 Å². The average molecular weight is 406 g/mol. The molecule has 0 saturated carbocycles. The van der Waals surface area contributed by atoms with Gasteiger partial charge in [0.1, 0.15) is 11.4 Å². The number of ether oxygens (including phenoxy) is 1. The summed E-state index contributed by atoms with van der Waals surface area (Å²) in [4.78, 5) is 17.0. The molecule has 0 aliphatic carbocycles. The lowest BCUT2D eigenvalue weighted by Gasteiger charge is -2.11. The number of benzene rings is 2. The van der Waals surface area contributed by atoms with Crippen molar-refractivity contribution in [3.63, 3.8) is 0 Å². The zero-order valence-electron chi connectivity index (χ0n) is 16.1. The Morgan fingerprint density at radius 3 is 2.69 bits per heavy atom. The molecule has 29 heavy (non-hydrogen) atoms. The zero-order chi connectivity index (χ0) is 20.4. The SMILES string of the molecule is Cc1ccn2cc(-c3ccc(C)c(NC(=O)COc4ccc(Cl)cc4)c3)nc2c1. The highest BCUT2D eigenvalue weighted by atomic mass is 35.5. The molecule has 1 N–H and O–H groups in total. The molecule has 0 bridgehead atoms. The van der Waals surface area contributed by atoms with Crippen LogP contribution < -0.4 is 10.1 Å². The highest BCUT2D eigenvalue weighted by Gasteiger charge is 2.10. The van der Waals surface area contributed by atoms with Crippen LogP contribution in [0.5, 0.6) is 5.75 Å². The Balaban J connectivity index is 1.50. The molecule has 0 saturated heterocycles. The number of aromatic nitrogens is 2. The number of hydrogen-bond acceptors (Lipinski definition) is 3. The van der Waals surface area contributed by atoms with Gasteiger partial charge in [-0.1, -0.05) is 23.7 Å². The molecule has 2 aromatic heterocycles. The maximum Gasteiger partial charge on any atom is 0.262 e. The molecule has 5 nitrogen and oxygen atoms in total. The summed E-state index contributed by atoms with van der Waals surface area (Å²) >= 11 is 5.86. The fourth-order valence-corrected chi connectivity index (χ4v) is 3.13. The zero-order valence-corrected chi connectivity index (χ0v) is 16.9. The number of rotatable bonds is 5. The molecule has 0 fully saturated rings. The summed E-state index contributed by atoms with van der Waals surface area (Å²) in [7, 11) is 0. The second-order valence-electron chi connectivity index (χ2n) is 6.92. The summed E-state index contributed by atoms with van der Waals surface area (Å²) in [6.45, 7) is 3.91. The molecule has 6 heteroatoms. The van der Waals surface area contributed by atoms with E-state index in [-0.39, 0.29) is 12.5 Å². The summed E-state index contributed by atoms with van der Waals surface area (Å²) < 4.78 is 7.50. The highest BCUT2D eigenvalue weighted by Crippen LogP contribution is 2.25. The fraction of sp³-hybridized carbons (Fsp3) is 0.130. The predicted molar refractivity (Wildman–Crippen MR) is 116 cm³/mol. The second-order valence-corrected chi connectivity index (χ2v) is 7.35. The molecule has 4 aromatic rings. The summed E-state index contributed by atoms with van der Waals surface area (Å²) in [5.74, 6) is 0.362. The Morgan fingerprint density at radius 1 is 1.10 bits per heavy atom. The molecular formula is C23H20ClN3O2. The Kier molecular flexibility index (Phi) is 5.23. The van der Waals surface area contributed by atoms with Crippen molar-refractivity contribution in [1.82, 2.24) is 9.38 Å². The van der Waals surface area contributed by atoms with Crippen LogP contribution in [0.15, 0.2) is 67.0 Å². The number of carbonyl (C=O) groups is 1. The lowest BCUT2D eigenvalue weighted by Crippen LogP contribution is -2.20. The van der Waals surface area contributed by atoms with Crippen molar-refractivity contribution in [3.8, 4) is 17.0 Å². The van der Waals surface area contributed by atoms with E-state index in [1.807, 2.05) is 61.0 Å². The summed E-state index contributed by atoms with van der Waals surface area (Å²) in [6.07, 6.45) is 3.97. The van der Waals surface area contributed by atoms with Crippen molar-refractivity contribution in [2.75, 3.05) is 11.9 Å². The third kappa shape index (κ3) is 4.41. The molecule has 4 rings (SSSR count). The van der Waals surface area contributed by atoms with Gasteiger partial charge in [-0.2, -0.15) is 0 Å². The third-order valence-electron chi connectivity index (χ3n) is 4.61. The Labute approximate surface area is 173 Å². The van der Waals surface area contributed by atoms with Crippen LogP contribution in [0.2, 0.25) is 5.02 Å². The number of anilines is 1. The topological polar surface area (TPSA) is 55.6 Å². The number of aryl methyl sites for hydroxylation is 2. The van der Waals surface area contributed by atoms with Gasteiger partial charge in [-0.15, -0.1) is 0 Å². The Morgan fingerprint density at radius 2 is 1.90 bits per heavy atom. The van der Waals surface area contributed by atoms with Crippen LogP contribution in [0.1, 0.15) is 11.1 Å². The van der Waals surface area contributed by atoms with Gasteiger partial charge >= 0.3 is 0 Å².